The zero-order valence-corrected chi connectivity index (χ0v) is 10.7. The first-order valence-electron chi connectivity index (χ1n) is 6.35. The molecule has 0 unspecified atom stereocenters. The molecule has 1 fully saturated rings. The lowest BCUT2D eigenvalue weighted by Gasteiger charge is -2.39. The Morgan fingerprint density at radius 3 is 2.71 bits per heavy atom. The summed E-state index contributed by atoms with van der Waals surface area (Å²) in [7, 11) is 1.76. The van der Waals surface area contributed by atoms with Crippen LogP contribution in [0.15, 0.2) is 30.3 Å². The van der Waals surface area contributed by atoms with E-state index in [1.807, 2.05) is 6.07 Å². The largest absolute Gasteiger partial charge is 0.314 e. The van der Waals surface area contributed by atoms with E-state index in [2.05, 4.69) is 36.1 Å². The molecule has 1 aromatic rings. The summed E-state index contributed by atoms with van der Waals surface area (Å²) in [5, 5.41) is 11.0. The molecule has 1 N–H and O–H groups in total. The molecule has 17 heavy (non-hydrogen) atoms. The molecule has 2 rings (SSSR count). The molecule has 0 aromatic heterocycles. The molecule has 0 amide bonds. The first-order chi connectivity index (χ1) is 8.16. The topological polar surface area (TPSA) is 26.7 Å². The Bertz CT molecular complexity index is 339. The molecule has 0 bridgehead atoms. The van der Waals surface area contributed by atoms with E-state index < -0.39 is 0 Å². The number of piperidine rings is 1. The van der Waals surface area contributed by atoms with E-state index in [-0.39, 0.29) is 6.04 Å². The number of nitrogens with zero attached hydrogens (tertiary/aromatic N) is 2. The van der Waals surface area contributed by atoms with Crippen LogP contribution in [0.25, 0.3) is 0 Å². The second kappa shape index (κ2) is 5.63. The normalized spacial score (nSPS) is 26.4. The fourth-order valence-electron chi connectivity index (χ4n) is 2.59. The van der Waals surface area contributed by atoms with Crippen LogP contribution in [0.1, 0.15) is 18.9 Å². The molecule has 0 aliphatic carbocycles. The standard InChI is InChI=1S/C14H22N2O/c1-12-8-9-16(11-14(12)15(2)17)10-13-6-4-3-5-7-13/h3-7,12,14,17H,8-11H2,1-2H3/t12-,14+/m1/s1. The summed E-state index contributed by atoms with van der Waals surface area (Å²) < 4.78 is 0. The molecule has 1 heterocycles. The van der Waals surface area contributed by atoms with Gasteiger partial charge in [0, 0.05) is 26.2 Å². The molecule has 0 saturated carbocycles. The predicted molar refractivity (Wildman–Crippen MR) is 68.8 cm³/mol. The maximum Gasteiger partial charge on any atom is 0.0500 e. The van der Waals surface area contributed by atoms with Gasteiger partial charge in [-0.3, -0.25) is 4.90 Å². The lowest BCUT2D eigenvalue weighted by molar-refractivity contribution is -0.134. The monoisotopic (exact) mass is 234 g/mol. The van der Waals surface area contributed by atoms with Crippen LogP contribution in [0.5, 0.6) is 0 Å². The average molecular weight is 234 g/mol. The van der Waals surface area contributed by atoms with Crippen LogP contribution in [-0.2, 0) is 6.54 Å². The van der Waals surface area contributed by atoms with Crippen LogP contribution in [0, 0.1) is 5.92 Å². The van der Waals surface area contributed by atoms with Gasteiger partial charge in [-0.2, -0.15) is 5.06 Å². The minimum absolute atomic E-state index is 0.257. The molecule has 1 aromatic carbocycles. The molecule has 0 radical (unpaired) electrons. The van der Waals surface area contributed by atoms with Crippen molar-refractivity contribution in [1.82, 2.24) is 9.96 Å². The summed E-state index contributed by atoms with van der Waals surface area (Å²) >= 11 is 0. The average Bonchev–Trinajstić information content (AvgIpc) is 2.32. The number of hydroxylamine groups is 2. The molecule has 3 nitrogen and oxygen atoms in total. The van der Waals surface area contributed by atoms with E-state index in [9.17, 15) is 5.21 Å². The zero-order chi connectivity index (χ0) is 12.3. The number of likely N-dealkylation sites (N-methyl/N-ethyl adjacent to an activating group) is 1. The van der Waals surface area contributed by atoms with Crippen molar-refractivity contribution in [2.24, 2.45) is 5.92 Å². The van der Waals surface area contributed by atoms with Gasteiger partial charge < -0.3 is 5.21 Å². The summed E-state index contributed by atoms with van der Waals surface area (Å²) in [6, 6.07) is 10.8. The summed E-state index contributed by atoms with van der Waals surface area (Å²) in [5.41, 5.74) is 1.35. The van der Waals surface area contributed by atoms with Gasteiger partial charge in [0.25, 0.3) is 0 Å². The Labute approximate surface area is 104 Å². The van der Waals surface area contributed by atoms with E-state index in [4.69, 9.17) is 0 Å². The number of likely N-dealkylation sites (tertiary alicyclic amines) is 1. The minimum Gasteiger partial charge on any atom is -0.314 e. The van der Waals surface area contributed by atoms with Gasteiger partial charge >= 0.3 is 0 Å². The van der Waals surface area contributed by atoms with E-state index in [0.29, 0.717) is 5.92 Å². The first kappa shape index (κ1) is 12.6. The molecule has 3 heteroatoms. The fourth-order valence-corrected chi connectivity index (χ4v) is 2.59. The van der Waals surface area contributed by atoms with E-state index >= 15 is 0 Å². The van der Waals surface area contributed by atoms with Gasteiger partial charge in [-0.1, -0.05) is 37.3 Å². The SMILES string of the molecule is C[C@@H]1CCN(Cc2ccccc2)C[C@@H]1N(C)O. The van der Waals surface area contributed by atoms with Crippen LogP contribution >= 0.6 is 0 Å². The van der Waals surface area contributed by atoms with Gasteiger partial charge in [-0.25, -0.2) is 0 Å². The highest BCUT2D eigenvalue weighted by Crippen LogP contribution is 2.21. The number of hydrogen-bond donors (Lipinski definition) is 1. The smallest absolute Gasteiger partial charge is 0.0500 e. The Hall–Kier alpha value is -0.900. The summed E-state index contributed by atoms with van der Waals surface area (Å²) in [5.74, 6) is 0.567. The van der Waals surface area contributed by atoms with Gasteiger partial charge in [0.2, 0.25) is 0 Å². The van der Waals surface area contributed by atoms with Crippen molar-refractivity contribution in [1.29, 1.82) is 0 Å². The summed E-state index contributed by atoms with van der Waals surface area (Å²) in [4.78, 5) is 2.42. The molecular weight excluding hydrogens is 212 g/mol. The maximum atomic E-state index is 9.64. The summed E-state index contributed by atoms with van der Waals surface area (Å²) in [6.45, 7) is 5.28. The van der Waals surface area contributed by atoms with Gasteiger partial charge in [-0.15, -0.1) is 0 Å². The molecule has 0 spiro atoms. The lowest BCUT2D eigenvalue weighted by atomic mass is 9.93. The third-order valence-electron chi connectivity index (χ3n) is 3.73. The Balaban J connectivity index is 1.95. The van der Waals surface area contributed by atoms with Gasteiger partial charge in [0.1, 0.15) is 0 Å². The Morgan fingerprint density at radius 1 is 1.35 bits per heavy atom. The molecule has 1 aliphatic rings. The Kier molecular flexibility index (Phi) is 4.15. The molecule has 1 aliphatic heterocycles. The van der Waals surface area contributed by atoms with Crippen LogP contribution in [0.3, 0.4) is 0 Å². The van der Waals surface area contributed by atoms with Crippen molar-refractivity contribution >= 4 is 0 Å². The summed E-state index contributed by atoms with van der Waals surface area (Å²) in [6.07, 6.45) is 1.16. The highest BCUT2D eigenvalue weighted by Gasteiger charge is 2.28. The number of benzene rings is 1. The van der Waals surface area contributed by atoms with Crippen LogP contribution in [-0.4, -0.2) is 41.3 Å². The van der Waals surface area contributed by atoms with Gasteiger partial charge in [0.15, 0.2) is 0 Å². The Morgan fingerprint density at radius 2 is 2.06 bits per heavy atom. The third-order valence-corrected chi connectivity index (χ3v) is 3.73. The molecule has 94 valence electrons. The molecule has 1 saturated heterocycles. The lowest BCUT2D eigenvalue weighted by Crippen LogP contribution is -2.49. The van der Waals surface area contributed by atoms with Crippen LogP contribution < -0.4 is 0 Å². The van der Waals surface area contributed by atoms with E-state index in [1.165, 1.54) is 10.6 Å². The molecular formula is C14H22N2O. The van der Waals surface area contributed by atoms with Crippen LogP contribution in [0.2, 0.25) is 0 Å². The van der Waals surface area contributed by atoms with Crippen molar-refractivity contribution in [3.05, 3.63) is 35.9 Å². The highest BCUT2D eigenvalue weighted by molar-refractivity contribution is 5.14. The second-order valence-corrected chi connectivity index (χ2v) is 5.13. The number of hydrogen-bond acceptors (Lipinski definition) is 3. The van der Waals surface area contributed by atoms with Crippen molar-refractivity contribution in [3.8, 4) is 0 Å². The fraction of sp³-hybridized carbons (Fsp3) is 0.571. The van der Waals surface area contributed by atoms with Crippen molar-refractivity contribution in [3.63, 3.8) is 0 Å². The predicted octanol–water partition coefficient (Wildman–Crippen LogP) is 2.22. The maximum absolute atomic E-state index is 9.64. The van der Waals surface area contributed by atoms with Gasteiger partial charge in [-0.05, 0) is 24.4 Å². The van der Waals surface area contributed by atoms with Gasteiger partial charge in [0.05, 0.1) is 0 Å². The third kappa shape index (κ3) is 3.28. The van der Waals surface area contributed by atoms with Crippen molar-refractivity contribution < 1.29 is 5.21 Å². The minimum atomic E-state index is 0.257. The number of rotatable bonds is 3. The quantitative estimate of drug-likeness (QED) is 0.812. The van der Waals surface area contributed by atoms with E-state index in [1.54, 1.807) is 7.05 Å². The van der Waals surface area contributed by atoms with E-state index in [0.717, 1.165) is 26.1 Å². The van der Waals surface area contributed by atoms with Crippen molar-refractivity contribution in [2.45, 2.75) is 25.9 Å². The first-order valence-corrected chi connectivity index (χ1v) is 6.35. The highest BCUT2D eigenvalue weighted by atomic mass is 16.5. The zero-order valence-electron chi connectivity index (χ0n) is 10.7. The molecule has 2 atom stereocenters. The second-order valence-electron chi connectivity index (χ2n) is 5.13. The van der Waals surface area contributed by atoms with Crippen LogP contribution in [0.4, 0.5) is 0 Å². The van der Waals surface area contributed by atoms with Crippen molar-refractivity contribution in [2.75, 3.05) is 20.1 Å².